The van der Waals surface area contributed by atoms with Crippen LogP contribution in [-0.4, -0.2) is 5.97 Å². The maximum atomic E-state index is 12.5. The number of halogens is 4. The molecule has 0 saturated carbocycles. The second-order valence-corrected chi connectivity index (χ2v) is 8.49. The third-order valence-corrected chi connectivity index (χ3v) is 5.94. The van der Waals surface area contributed by atoms with E-state index in [1.165, 1.54) is 24.3 Å². The van der Waals surface area contributed by atoms with E-state index >= 15 is 0 Å². The Bertz CT molecular complexity index is 1330. The third-order valence-electron chi connectivity index (χ3n) is 4.83. The Hall–Kier alpha value is -2.88. The molecule has 0 saturated heterocycles. The Morgan fingerprint density at radius 2 is 1.59 bits per heavy atom. The van der Waals surface area contributed by atoms with Gasteiger partial charge in [-0.15, -0.1) is 0 Å². The standard InChI is InChI=1S/C23H12Cl4N2O3/c24-11-1-4-14(18(26)7-11)21-16-6-3-13(9-20(16)32-22(29)17(21)10-28)31-23(30)15-5-2-12(25)8-19(15)27/h1-9,21H,29H2. The van der Waals surface area contributed by atoms with E-state index in [0.717, 1.165) is 0 Å². The summed E-state index contributed by atoms with van der Waals surface area (Å²) in [5, 5.41) is 11.1. The second kappa shape index (κ2) is 8.93. The number of carbonyl (C=O) groups is 1. The van der Waals surface area contributed by atoms with Crippen molar-refractivity contribution < 1.29 is 14.3 Å². The SMILES string of the molecule is N#CC1=C(N)Oc2cc(OC(=O)c3ccc(Cl)cc3Cl)ccc2C1c1ccc(Cl)cc1Cl. The average Bonchev–Trinajstić information content (AvgIpc) is 2.73. The van der Waals surface area contributed by atoms with Crippen LogP contribution in [0.3, 0.4) is 0 Å². The van der Waals surface area contributed by atoms with Crippen molar-refractivity contribution in [3.63, 3.8) is 0 Å². The van der Waals surface area contributed by atoms with Gasteiger partial charge in [-0.05, 0) is 42.0 Å². The van der Waals surface area contributed by atoms with Gasteiger partial charge in [0.2, 0.25) is 5.88 Å². The highest BCUT2D eigenvalue weighted by molar-refractivity contribution is 6.36. The average molecular weight is 506 g/mol. The van der Waals surface area contributed by atoms with Crippen LogP contribution < -0.4 is 15.2 Å². The number of nitrogens with zero attached hydrogens (tertiary/aromatic N) is 1. The van der Waals surface area contributed by atoms with Gasteiger partial charge in [0.15, 0.2) is 0 Å². The molecule has 3 aromatic rings. The lowest BCUT2D eigenvalue weighted by Crippen LogP contribution is -2.21. The van der Waals surface area contributed by atoms with E-state index in [9.17, 15) is 10.1 Å². The molecule has 0 aliphatic carbocycles. The number of hydrogen-bond acceptors (Lipinski definition) is 5. The van der Waals surface area contributed by atoms with Gasteiger partial charge in [0.25, 0.3) is 0 Å². The van der Waals surface area contributed by atoms with Crippen LogP contribution in [0, 0.1) is 11.3 Å². The summed E-state index contributed by atoms with van der Waals surface area (Å²) in [5.74, 6) is -0.788. The molecule has 5 nitrogen and oxygen atoms in total. The van der Waals surface area contributed by atoms with Crippen molar-refractivity contribution in [3.8, 4) is 17.6 Å². The highest BCUT2D eigenvalue weighted by atomic mass is 35.5. The van der Waals surface area contributed by atoms with Crippen LogP contribution in [-0.2, 0) is 0 Å². The van der Waals surface area contributed by atoms with Crippen LogP contribution in [0.1, 0.15) is 27.4 Å². The lowest BCUT2D eigenvalue weighted by Gasteiger charge is -2.27. The molecule has 0 fully saturated rings. The summed E-state index contributed by atoms with van der Waals surface area (Å²) in [6.45, 7) is 0. The molecule has 1 unspecified atom stereocenters. The number of esters is 1. The summed E-state index contributed by atoms with van der Waals surface area (Å²) < 4.78 is 11.1. The predicted octanol–water partition coefficient (Wildman–Crippen LogP) is 6.74. The van der Waals surface area contributed by atoms with E-state index in [1.807, 2.05) is 0 Å². The van der Waals surface area contributed by atoms with Crippen LogP contribution >= 0.6 is 46.4 Å². The fourth-order valence-corrected chi connectivity index (χ4v) is 4.37. The summed E-state index contributed by atoms with van der Waals surface area (Å²) >= 11 is 24.4. The molecule has 32 heavy (non-hydrogen) atoms. The summed E-state index contributed by atoms with van der Waals surface area (Å²) in [6, 6.07) is 16.3. The second-order valence-electron chi connectivity index (χ2n) is 6.80. The van der Waals surface area contributed by atoms with Crippen molar-refractivity contribution in [3.05, 3.63) is 103 Å². The number of nitrogens with two attached hydrogens (primary N) is 1. The summed E-state index contributed by atoms with van der Waals surface area (Å²) in [4.78, 5) is 12.5. The first-order valence-corrected chi connectivity index (χ1v) is 10.6. The smallest absolute Gasteiger partial charge is 0.345 e. The lowest BCUT2D eigenvalue weighted by atomic mass is 9.83. The van der Waals surface area contributed by atoms with E-state index in [2.05, 4.69) is 6.07 Å². The first-order valence-electron chi connectivity index (χ1n) is 9.12. The number of rotatable bonds is 3. The fourth-order valence-electron chi connectivity index (χ4n) is 3.37. The molecule has 1 atom stereocenters. The van der Waals surface area contributed by atoms with Crippen molar-refractivity contribution in [2.24, 2.45) is 5.73 Å². The molecule has 3 aromatic carbocycles. The summed E-state index contributed by atoms with van der Waals surface area (Å²) in [7, 11) is 0. The van der Waals surface area contributed by atoms with Gasteiger partial charge in [0.1, 0.15) is 23.1 Å². The predicted molar refractivity (Wildman–Crippen MR) is 124 cm³/mol. The minimum absolute atomic E-state index is 0.0692. The Morgan fingerprint density at radius 3 is 2.25 bits per heavy atom. The molecule has 0 aromatic heterocycles. The summed E-state index contributed by atoms with van der Waals surface area (Å²) in [6.07, 6.45) is 0. The molecule has 1 heterocycles. The minimum atomic E-state index is -0.666. The van der Waals surface area contributed by atoms with Gasteiger partial charge < -0.3 is 15.2 Å². The van der Waals surface area contributed by atoms with E-state index in [4.69, 9.17) is 61.6 Å². The largest absolute Gasteiger partial charge is 0.440 e. The first-order chi connectivity index (χ1) is 15.3. The van der Waals surface area contributed by atoms with Crippen molar-refractivity contribution >= 4 is 52.4 Å². The van der Waals surface area contributed by atoms with Gasteiger partial charge in [-0.1, -0.05) is 58.5 Å². The maximum absolute atomic E-state index is 12.5. The first kappa shape index (κ1) is 22.3. The van der Waals surface area contributed by atoms with Gasteiger partial charge >= 0.3 is 5.97 Å². The molecule has 1 aliphatic heterocycles. The van der Waals surface area contributed by atoms with Crippen molar-refractivity contribution in [1.29, 1.82) is 5.26 Å². The normalized spacial score (nSPS) is 14.9. The van der Waals surface area contributed by atoms with Crippen LogP contribution in [0.5, 0.6) is 11.5 Å². The number of allylic oxidation sites excluding steroid dienone is 1. The van der Waals surface area contributed by atoms with Crippen LogP contribution in [0.4, 0.5) is 0 Å². The Labute approximate surface area is 203 Å². The molecule has 1 aliphatic rings. The van der Waals surface area contributed by atoms with Gasteiger partial charge in [0.05, 0.1) is 16.5 Å². The molecule has 160 valence electrons. The molecule has 0 amide bonds. The zero-order valence-corrected chi connectivity index (χ0v) is 19.1. The molecular weight excluding hydrogens is 494 g/mol. The van der Waals surface area contributed by atoms with Crippen molar-refractivity contribution in [2.45, 2.75) is 5.92 Å². The monoisotopic (exact) mass is 504 g/mol. The molecule has 4 rings (SSSR count). The zero-order chi connectivity index (χ0) is 23.0. The van der Waals surface area contributed by atoms with E-state index in [0.29, 0.717) is 31.9 Å². The zero-order valence-electron chi connectivity index (χ0n) is 16.0. The van der Waals surface area contributed by atoms with E-state index in [-0.39, 0.29) is 27.8 Å². The van der Waals surface area contributed by atoms with Gasteiger partial charge in [-0.3, -0.25) is 0 Å². The number of benzene rings is 3. The Kier molecular flexibility index (Phi) is 6.23. The number of fused-ring (bicyclic) bond motifs is 1. The number of nitriles is 1. The minimum Gasteiger partial charge on any atom is -0.440 e. The van der Waals surface area contributed by atoms with E-state index < -0.39 is 11.9 Å². The quantitative estimate of drug-likeness (QED) is 0.314. The molecular formula is C23H12Cl4N2O3. The maximum Gasteiger partial charge on any atom is 0.345 e. The van der Waals surface area contributed by atoms with Crippen LogP contribution in [0.15, 0.2) is 66.1 Å². The highest BCUT2D eigenvalue weighted by Gasteiger charge is 2.32. The molecule has 0 radical (unpaired) electrons. The lowest BCUT2D eigenvalue weighted by molar-refractivity contribution is 0.0734. The third kappa shape index (κ3) is 4.23. The van der Waals surface area contributed by atoms with Crippen molar-refractivity contribution in [2.75, 3.05) is 0 Å². The summed E-state index contributed by atoms with van der Waals surface area (Å²) in [5.41, 5.74) is 7.65. The molecule has 2 N–H and O–H groups in total. The van der Waals surface area contributed by atoms with Crippen LogP contribution in [0.2, 0.25) is 20.1 Å². The van der Waals surface area contributed by atoms with Crippen LogP contribution in [0.25, 0.3) is 0 Å². The molecule has 0 spiro atoms. The number of ether oxygens (including phenoxy) is 2. The number of carbonyl (C=O) groups excluding carboxylic acids is 1. The molecule has 9 heteroatoms. The van der Waals surface area contributed by atoms with Gasteiger partial charge in [0, 0.05) is 26.7 Å². The number of hydrogen-bond donors (Lipinski definition) is 1. The Balaban J connectivity index is 1.72. The van der Waals surface area contributed by atoms with Gasteiger partial charge in [-0.25, -0.2) is 4.79 Å². The van der Waals surface area contributed by atoms with E-state index in [1.54, 1.807) is 30.3 Å². The highest BCUT2D eigenvalue weighted by Crippen LogP contribution is 2.45. The Morgan fingerprint density at radius 1 is 0.938 bits per heavy atom. The fraction of sp³-hybridized carbons (Fsp3) is 0.0435. The molecule has 0 bridgehead atoms. The van der Waals surface area contributed by atoms with Gasteiger partial charge in [-0.2, -0.15) is 5.26 Å². The topological polar surface area (TPSA) is 85.3 Å². The van der Waals surface area contributed by atoms with Crippen molar-refractivity contribution in [1.82, 2.24) is 0 Å².